The number of alkyl halides is 6. The molecule has 0 unspecified atom stereocenters. The van der Waals surface area contributed by atoms with Crippen LogP contribution in [0.2, 0.25) is 0 Å². The number of hydrogen-bond donors (Lipinski definition) is 2. The second-order valence-electron chi connectivity index (χ2n) is 7.58. The van der Waals surface area contributed by atoms with Crippen LogP contribution in [0.15, 0.2) is 0 Å². The molecule has 1 saturated carbocycles. The monoisotopic (exact) mass is 452 g/mol. The summed E-state index contributed by atoms with van der Waals surface area (Å²) >= 11 is 0. The van der Waals surface area contributed by atoms with Gasteiger partial charge in [-0.2, -0.15) is 26.3 Å². The summed E-state index contributed by atoms with van der Waals surface area (Å²) in [6.07, 6.45) is -6.77. The van der Waals surface area contributed by atoms with Crippen molar-refractivity contribution in [3.8, 4) is 0 Å². The van der Waals surface area contributed by atoms with E-state index in [4.69, 9.17) is 24.5 Å². The van der Waals surface area contributed by atoms with Gasteiger partial charge < -0.3 is 14.9 Å². The molecule has 176 valence electrons. The Kier molecular flexibility index (Phi) is 9.36. The normalized spacial score (nSPS) is 25.0. The van der Waals surface area contributed by atoms with E-state index in [1.165, 1.54) is 32.5 Å². The molecule has 3 fully saturated rings. The number of rotatable bonds is 3. The van der Waals surface area contributed by atoms with Gasteiger partial charge in [0.05, 0.1) is 18.8 Å². The van der Waals surface area contributed by atoms with Gasteiger partial charge in [0.1, 0.15) is 0 Å². The van der Waals surface area contributed by atoms with Crippen molar-refractivity contribution in [2.24, 2.45) is 5.92 Å². The van der Waals surface area contributed by atoms with Crippen LogP contribution in [-0.4, -0.2) is 95.3 Å². The average Bonchev–Trinajstić information content (AvgIpc) is 3.30. The standard InChI is InChI=1S/C13H24N2O.2C2HF3O2/c1-10(2)15-5-6-16-13-9-14(8-12(13)15)7-11-3-4-11;2*3-2(4,5)1(6)7/h10-13H,3-9H2,1-2H3;2*(H,6,7)/t12-,13+;;/m1../s1. The number of likely N-dealkylation sites (tertiary alicyclic amines) is 1. The van der Waals surface area contributed by atoms with Crippen LogP contribution in [0.25, 0.3) is 0 Å². The van der Waals surface area contributed by atoms with Gasteiger partial charge in [-0.1, -0.05) is 0 Å². The van der Waals surface area contributed by atoms with Gasteiger partial charge in [0, 0.05) is 32.2 Å². The molecule has 0 aromatic rings. The average molecular weight is 452 g/mol. The molecule has 0 amide bonds. The van der Waals surface area contributed by atoms with Crippen molar-refractivity contribution in [2.45, 2.75) is 57.2 Å². The van der Waals surface area contributed by atoms with Gasteiger partial charge >= 0.3 is 24.3 Å². The summed E-state index contributed by atoms with van der Waals surface area (Å²) in [6.45, 7) is 10.4. The first-order chi connectivity index (χ1) is 13.6. The van der Waals surface area contributed by atoms with Gasteiger partial charge in [0.2, 0.25) is 0 Å². The van der Waals surface area contributed by atoms with Gasteiger partial charge in [-0.15, -0.1) is 0 Å². The smallest absolute Gasteiger partial charge is 0.475 e. The molecular weight excluding hydrogens is 426 g/mol. The third-order valence-electron chi connectivity index (χ3n) is 4.78. The van der Waals surface area contributed by atoms with Crippen LogP contribution in [0.3, 0.4) is 0 Å². The van der Waals surface area contributed by atoms with Gasteiger partial charge in [-0.25, -0.2) is 9.59 Å². The Hall–Kier alpha value is -1.60. The van der Waals surface area contributed by atoms with E-state index in [1.54, 1.807) is 0 Å². The largest absolute Gasteiger partial charge is 0.490 e. The van der Waals surface area contributed by atoms with Crippen molar-refractivity contribution in [3.05, 3.63) is 0 Å². The summed E-state index contributed by atoms with van der Waals surface area (Å²) in [5, 5.41) is 14.2. The highest BCUT2D eigenvalue weighted by molar-refractivity contribution is 5.73. The zero-order chi connectivity index (χ0) is 23.3. The third kappa shape index (κ3) is 9.04. The maximum absolute atomic E-state index is 10.6. The fourth-order valence-corrected chi connectivity index (χ4v) is 3.25. The molecule has 2 atom stereocenters. The van der Waals surface area contributed by atoms with E-state index in [1.807, 2.05) is 0 Å². The van der Waals surface area contributed by atoms with Crippen molar-refractivity contribution in [1.82, 2.24) is 9.80 Å². The van der Waals surface area contributed by atoms with Crippen LogP contribution in [0, 0.1) is 5.92 Å². The molecule has 0 radical (unpaired) electrons. The summed E-state index contributed by atoms with van der Waals surface area (Å²) in [5.74, 6) is -4.51. The predicted octanol–water partition coefficient (Wildman–Crippen LogP) is 2.46. The molecule has 0 bridgehead atoms. The molecule has 7 nitrogen and oxygen atoms in total. The van der Waals surface area contributed by atoms with Crippen LogP contribution < -0.4 is 0 Å². The summed E-state index contributed by atoms with van der Waals surface area (Å²) in [6, 6.07) is 1.32. The lowest BCUT2D eigenvalue weighted by molar-refractivity contribution is -0.193. The van der Waals surface area contributed by atoms with Crippen LogP contribution in [0.1, 0.15) is 26.7 Å². The maximum atomic E-state index is 10.6. The quantitative estimate of drug-likeness (QED) is 0.636. The molecule has 3 aliphatic rings. The van der Waals surface area contributed by atoms with E-state index < -0.39 is 24.3 Å². The van der Waals surface area contributed by atoms with Crippen molar-refractivity contribution in [1.29, 1.82) is 0 Å². The van der Waals surface area contributed by atoms with Crippen molar-refractivity contribution in [2.75, 3.05) is 32.8 Å². The summed E-state index contributed by atoms with van der Waals surface area (Å²) in [7, 11) is 0. The fourth-order valence-electron chi connectivity index (χ4n) is 3.25. The molecule has 2 aliphatic heterocycles. The molecule has 30 heavy (non-hydrogen) atoms. The van der Waals surface area contributed by atoms with E-state index in [-0.39, 0.29) is 0 Å². The number of halogens is 6. The molecule has 0 aromatic heterocycles. The summed E-state index contributed by atoms with van der Waals surface area (Å²) in [5.41, 5.74) is 0. The second-order valence-corrected chi connectivity index (χ2v) is 7.58. The minimum Gasteiger partial charge on any atom is -0.475 e. The lowest BCUT2D eigenvalue weighted by atomic mass is 10.1. The van der Waals surface area contributed by atoms with E-state index in [0.717, 1.165) is 19.1 Å². The highest BCUT2D eigenvalue weighted by Crippen LogP contribution is 2.32. The lowest BCUT2D eigenvalue weighted by Crippen LogP contribution is -2.53. The second kappa shape index (κ2) is 10.6. The topological polar surface area (TPSA) is 90.3 Å². The molecule has 0 spiro atoms. The maximum Gasteiger partial charge on any atom is 0.490 e. The molecule has 2 N–H and O–H groups in total. The van der Waals surface area contributed by atoms with Gasteiger partial charge in [0.25, 0.3) is 0 Å². The molecule has 2 heterocycles. The first kappa shape index (κ1) is 26.4. The minimum atomic E-state index is -5.08. The molecule has 1 aliphatic carbocycles. The van der Waals surface area contributed by atoms with E-state index in [0.29, 0.717) is 18.2 Å². The van der Waals surface area contributed by atoms with Crippen LogP contribution >= 0.6 is 0 Å². The first-order valence-corrected chi connectivity index (χ1v) is 9.32. The van der Waals surface area contributed by atoms with Gasteiger partial charge in [-0.3, -0.25) is 9.80 Å². The van der Waals surface area contributed by atoms with Gasteiger partial charge in [-0.05, 0) is 32.6 Å². The number of hydrogen-bond acceptors (Lipinski definition) is 5. The van der Waals surface area contributed by atoms with Crippen LogP contribution in [0.5, 0.6) is 0 Å². The Morgan fingerprint density at radius 1 is 1.00 bits per heavy atom. The fraction of sp³-hybridized carbons (Fsp3) is 0.882. The number of carbonyl (C=O) groups is 2. The Morgan fingerprint density at radius 3 is 1.83 bits per heavy atom. The number of morpholine rings is 1. The van der Waals surface area contributed by atoms with Crippen molar-refractivity contribution in [3.63, 3.8) is 0 Å². The predicted molar refractivity (Wildman–Crippen MR) is 91.9 cm³/mol. The SMILES string of the molecule is CC(C)N1CCO[C@H]2CN(CC3CC3)C[C@H]21.O=C(O)C(F)(F)F.O=C(O)C(F)(F)F. The number of carboxylic acids is 2. The lowest BCUT2D eigenvalue weighted by Gasteiger charge is -2.39. The van der Waals surface area contributed by atoms with Gasteiger partial charge in [0.15, 0.2) is 0 Å². The Labute approximate surface area is 169 Å². The minimum absolute atomic E-state index is 0.481. The number of fused-ring (bicyclic) bond motifs is 1. The van der Waals surface area contributed by atoms with E-state index in [9.17, 15) is 26.3 Å². The Bertz CT molecular complexity index is 556. The summed E-state index contributed by atoms with van der Waals surface area (Å²) in [4.78, 5) is 23.1. The number of carboxylic acid groups (broad SMARTS) is 2. The third-order valence-corrected chi connectivity index (χ3v) is 4.78. The highest BCUT2D eigenvalue weighted by Gasteiger charge is 2.42. The Morgan fingerprint density at radius 2 is 1.47 bits per heavy atom. The van der Waals surface area contributed by atoms with E-state index >= 15 is 0 Å². The zero-order valence-electron chi connectivity index (χ0n) is 16.5. The highest BCUT2D eigenvalue weighted by atomic mass is 19.4. The molecule has 13 heteroatoms. The number of aliphatic carboxylic acids is 2. The summed E-state index contributed by atoms with van der Waals surface area (Å²) < 4.78 is 69.4. The van der Waals surface area contributed by atoms with Crippen LogP contribution in [-0.2, 0) is 14.3 Å². The molecular formula is C17H26F6N2O5. The van der Waals surface area contributed by atoms with E-state index in [2.05, 4.69) is 23.6 Å². The molecule has 2 saturated heterocycles. The first-order valence-electron chi connectivity index (χ1n) is 9.32. The number of ether oxygens (including phenoxy) is 1. The van der Waals surface area contributed by atoms with Crippen LogP contribution in [0.4, 0.5) is 26.3 Å². The van der Waals surface area contributed by atoms with Crippen molar-refractivity contribution >= 4 is 11.9 Å². The molecule has 3 rings (SSSR count). The number of nitrogens with zero attached hydrogens (tertiary/aromatic N) is 2. The Balaban J connectivity index is 0.000000271. The van der Waals surface area contributed by atoms with Crippen molar-refractivity contribution < 1.29 is 50.9 Å². The molecule has 0 aromatic carbocycles. The zero-order valence-corrected chi connectivity index (χ0v) is 16.5.